The lowest BCUT2D eigenvalue weighted by Gasteiger charge is -2.12. The summed E-state index contributed by atoms with van der Waals surface area (Å²) in [6, 6.07) is 20.1. The van der Waals surface area contributed by atoms with Crippen molar-refractivity contribution in [3.8, 4) is 23.5 Å². The Labute approximate surface area is 196 Å². The van der Waals surface area contributed by atoms with Gasteiger partial charge < -0.3 is 11.1 Å². The second kappa shape index (κ2) is 9.17. The fraction of sp³-hybridized carbons (Fsp3) is 0. The van der Waals surface area contributed by atoms with Gasteiger partial charge in [-0.3, -0.25) is 4.79 Å². The third-order valence-electron chi connectivity index (χ3n) is 5.14. The fourth-order valence-electron chi connectivity index (χ4n) is 3.25. The maximum Gasteiger partial charge on any atom is 0.255 e. The van der Waals surface area contributed by atoms with Crippen molar-refractivity contribution in [2.75, 3.05) is 11.1 Å². The van der Waals surface area contributed by atoms with Gasteiger partial charge in [0.15, 0.2) is 0 Å². The monoisotopic (exact) mass is 470 g/mol. The SMILES string of the molecule is C#Cc1ccc(S(=N)(=O)c2ccc(C(=O)Nc3cc(-c4ccc(F)cc4)ccc3N)cc2)cn1. The molecule has 4 rings (SSSR count). The zero-order valence-electron chi connectivity index (χ0n) is 17.8. The van der Waals surface area contributed by atoms with Crippen molar-refractivity contribution in [1.29, 1.82) is 4.78 Å². The third-order valence-corrected chi connectivity index (χ3v) is 6.99. The van der Waals surface area contributed by atoms with Gasteiger partial charge in [0, 0.05) is 11.8 Å². The molecule has 0 saturated heterocycles. The van der Waals surface area contributed by atoms with E-state index in [2.05, 4.69) is 16.2 Å². The molecule has 4 aromatic rings. The van der Waals surface area contributed by atoms with Gasteiger partial charge in [-0.15, -0.1) is 6.42 Å². The van der Waals surface area contributed by atoms with Crippen molar-refractivity contribution in [2.24, 2.45) is 0 Å². The Morgan fingerprint density at radius 2 is 1.62 bits per heavy atom. The zero-order chi connectivity index (χ0) is 24.3. The number of halogens is 1. The number of hydrogen-bond acceptors (Lipinski definition) is 5. The Kier molecular flexibility index (Phi) is 6.13. The molecule has 0 saturated carbocycles. The molecule has 0 bridgehead atoms. The van der Waals surface area contributed by atoms with Gasteiger partial charge in [-0.25, -0.2) is 18.4 Å². The highest BCUT2D eigenvalue weighted by molar-refractivity contribution is 7.92. The number of nitrogen functional groups attached to an aromatic ring is 1. The van der Waals surface area contributed by atoms with E-state index in [4.69, 9.17) is 16.9 Å². The lowest BCUT2D eigenvalue weighted by molar-refractivity contribution is 0.102. The molecule has 1 unspecified atom stereocenters. The summed E-state index contributed by atoms with van der Waals surface area (Å²) < 4.78 is 34.6. The van der Waals surface area contributed by atoms with Crippen molar-refractivity contribution in [2.45, 2.75) is 9.79 Å². The highest BCUT2D eigenvalue weighted by atomic mass is 32.2. The maximum absolute atomic E-state index is 13.2. The normalized spacial score (nSPS) is 12.4. The molecule has 1 atom stereocenters. The lowest BCUT2D eigenvalue weighted by atomic mass is 10.0. The van der Waals surface area contributed by atoms with E-state index in [1.165, 1.54) is 54.7 Å². The number of terminal acetylenes is 1. The van der Waals surface area contributed by atoms with Crippen molar-refractivity contribution in [3.05, 3.63) is 102 Å². The van der Waals surface area contributed by atoms with Crippen molar-refractivity contribution in [1.82, 2.24) is 4.98 Å². The summed E-state index contributed by atoms with van der Waals surface area (Å²) in [5.41, 5.74) is 9.02. The minimum absolute atomic E-state index is 0.217. The van der Waals surface area contributed by atoms with Crippen LogP contribution in [-0.4, -0.2) is 15.1 Å². The number of benzene rings is 3. The zero-order valence-corrected chi connectivity index (χ0v) is 18.6. The molecule has 168 valence electrons. The Hall–Kier alpha value is -4.48. The number of carbonyl (C=O) groups excluding carboxylic acids is 1. The van der Waals surface area contributed by atoms with Crippen LogP contribution >= 0.6 is 0 Å². The first-order valence-electron chi connectivity index (χ1n) is 10.1. The van der Waals surface area contributed by atoms with Crippen LogP contribution in [0, 0.1) is 22.9 Å². The van der Waals surface area contributed by atoms with Crippen LogP contribution < -0.4 is 11.1 Å². The number of nitrogens with one attached hydrogen (secondary N) is 2. The second-order valence-corrected chi connectivity index (χ2v) is 9.42. The van der Waals surface area contributed by atoms with E-state index in [1.54, 1.807) is 30.3 Å². The topological polar surface area (TPSA) is 109 Å². The Bertz CT molecular complexity index is 1510. The molecule has 34 heavy (non-hydrogen) atoms. The summed E-state index contributed by atoms with van der Waals surface area (Å²) in [4.78, 5) is 17.2. The van der Waals surface area contributed by atoms with Gasteiger partial charge in [0.05, 0.1) is 21.2 Å². The largest absolute Gasteiger partial charge is 0.397 e. The highest BCUT2D eigenvalue weighted by Gasteiger charge is 2.16. The first-order valence-corrected chi connectivity index (χ1v) is 11.6. The molecule has 4 N–H and O–H groups in total. The third kappa shape index (κ3) is 4.65. The maximum atomic E-state index is 13.2. The van der Waals surface area contributed by atoms with E-state index in [-0.39, 0.29) is 15.6 Å². The van der Waals surface area contributed by atoms with Gasteiger partial charge in [0.25, 0.3) is 5.91 Å². The molecule has 0 aliphatic rings. The standard InChI is InChI=1S/C26H19FN4O2S/c1-2-21-10-13-23(16-30-21)34(29,33)22-11-5-18(6-12-22)26(32)31-25-15-19(7-14-24(25)28)17-3-8-20(27)9-4-17/h1,3-16,29H,28H2,(H,31,32). The van der Waals surface area contributed by atoms with E-state index in [9.17, 15) is 13.4 Å². The Morgan fingerprint density at radius 1 is 0.971 bits per heavy atom. The summed E-state index contributed by atoms with van der Waals surface area (Å²) >= 11 is 0. The van der Waals surface area contributed by atoms with E-state index in [0.29, 0.717) is 22.6 Å². The quantitative estimate of drug-likeness (QED) is 0.276. The van der Waals surface area contributed by atoms with Crippen molar-refractivity contribution in [3.63, 3.8) is 0 Å². The molecule has 0 fully saturated rings. The molecular weight excluding hydrogens is 451 g/mol. The Balaban J connectivity index is 1.55. The Morgan fingerprint density at radius 3 is 2.24 bits per heavy atom. The molecule has 1 heterocycles. The summed E-state index contributed by atoms with van der Waals surface area (Å²) in [5, 5.41) is 2.77. The number of rotatable bonds is 5. The predicted octanol–water partition coefficient (Wildman–Crippen LogP) is 5.17. The molecule has 3 aromatic carbocycles. The van der Waals surface area contributed by atoms with E-state index < -0.39 is 15.6 Å². The number of amides is 1. The van der Waals surface area contributed by atoms with Crippen LogP contribution in [0.1, 0.15) is 16.1 Å². The van der Waals surface area contributed by atoms with Gasteiger partial charge >= 0.3 is 0 Å². The van der Waals surface area contributed by atoms with Crippen LogP contribution in [0.15, 0.2) is 94.9 Å². The second-order valence-electron chi connectivity index (χ2n) is 7.37. The first kappa shape index (κ1) is 22.7. The minimum Gasteiger partial charge on any atom is -0.397 e. The summed E-state index contributed by atoms with van der Waals surface area (Å²) in [6.45, 7) is 0. The number of aromatic nitrogens is 1. The molecule has 1 amide bonds. The summed E-state index contributed by atoms with van der Waals surface area (Å²) in [6.07, 6.45) is 6.60. The minimum atomic E-state index is -3.32. The number of nitrogens with zero attached hydrogens (tertiary/aromatic N) is 1. The first-order chi connectivity index (χ1) is 16.3. The van der Waals surface area contributed by atoms with Crippen LogP contribution in [0.5, 0.6) is 0 Å². The van der Waals surface area contributed by atoms with Crippen LogP contribution in [0.25, 0.3) is 11.1 Å². The smallest absolute Gasteiger partial charge is 0.255 e. The number of carbonyl (C=O) groups is 1. The van der Waals surface area contributed by atoms with Crippen LogP contribution in [0.3, 0.4) is 0 Å². The van der Waals surface area contributed by atoms with Crippen LogP contribution in [0.4, 0.5) is 15.8 Å². The summed E-state index contributed by atoms with van der Waals surface area (Å²) in [5.74, 6) is 1.61. The van der Waals surface area contributed by atoms with E-state index in [1.807, 2.05) is 0 Å². The van der Waals surface area contributed by atoms with Gasteiger partial charge in [-0.1, -0.05) is 24.1 Å². The lowest BCUT2D eigenvalue weighted by Crippen LogP contribution is -2.13. The molecule has 8 heteroatoms. The average molecular weight is 471 g/mol. The van der Waals surface area contributed by atoms with Crippen molar-refractivity contribution >= 4 is 27.0 Å². The van der Waals surface area contributed by atoms with Crippen LogP contribution in [-0.2, 0) is 9.73 Å². The number of nitrogens with two attached hydrogens (primary N) is 1. The number of hydrogen-bond donors (Lipinski definition) is 3. The fourth-order valence-corrected chi connectivity index (χ4v) is 4.50. The molecule has 0 spiro atoms. The highest BCUT2D eigenvalue weighted by Crippen LogP contribution is 2.28. The molecule has 6 nitrogen and oxygen atoms in total. The molecule has 1 aromatic heterocycles. The average Bonchev–Trinajstić information content (AvgIpc) is 2.86. The van der Waals surface area contributed by atoms with Gasteiger partial charge in [-0.2, -0.15) is 0 Å². The predicted molar refractivity (Wildman–Crippen MR) is 130 cm³/mol. The van der Waals surface area contributed by atoms with Crippen molar-refractivity contribution < 1.29 is 13.4 Å². The van der Waals surface area contributed by atoms with E-state index >= 15 is 0 Å². The van der Waals surface area contributed by atoms with Gasteiger partial charge in [0.2, 0.25) is 0 Å². The van der Waals surface area contributed by atoms with Gasteiger partial charge in [0.1, 0.15) is 21.2 Å². The van der Waals surface area contributed by atoms with Crippen LogP contribution in [0.2, 0.25) is 0 Å². The molecule has 0 radical (unpaired) electrons. The van der Waals surface area contributed by atoms with E-state index in [0.717, 1.165) is 11.1 Å². The van der Waals surface area contributed by atoms with Gasteiger partial charge in [-0.05, 0) is 71.8 Å². The molecule has 0 aliphatic heterocycles. The molecule has 0 aliphatic carbocycles. The summed E-state index contributed by atoms with van der Waals surface area (Å²) in [7, 11) is -3.32. The molecular formula is C26H19FN4O2S. The number of pyridine rings is 1. The number of anilines is 2.